The molecule has 1 saturated heterocycles. The molecule has 0 unspecified atom stereocenters. The summed E-state index contributed by atoms with van der Waals surface area (Å²) >= 11 is 0. The fourth-order valence-corrected chi connectivity index (χ4v) is 3.12. The van der Waals surface area contributed by atoms with E-state index < -0.39 is 5.60 Å². The van der Waals surface area contributed by atoms with Gasteiger partial charge in [0.2, 0.25) is 0 Å². The highest BCUT2D eigenvalue weighted by atomic mass is 16.3. The number of carbonyl (C=O) groups is 1. The van der Waals surface area contributed by atoms with Gasteiger partial charge in [-0.3, -0.25) is 9.69 Å². The average Bonchev–Trinajstić information content (AvgIpc) is 3.23. The van der Waals surface area contributed by atoms with E-state index in [0.717, 1.165) is 18.7 Å². The van der Waals surface area contributed by atoms with E-state index >= 15 is 0 Å². The molecule has 1 aliphatic heterocycles. The van der Waals surface area contributed by atoms with Crippen molar-refractivity contribution in [2.45, 2.75) is 38.5 Å². The Balaban J connectivity index is 1.65. The molecule has 25 heavy (non-hydrogen) atoms. The highest BCUT2D eigenvalue weighted by Crippen LogP contribution is 2.31. The van der Waals surface area contributed by atoms with Crippen LogP contribution in [0.3, 0.4) is 0 Å². The number of rotatable bonds is 5. The van der Waals surface area contributed by atoms with Crippen LogP contribution in [0.4, 0.5) is 0 Å². The smallest absolute Gasteiger partial charge is 0.251 e. The Kier molecular flexibility index (Phi) is 4.87. The maximum atomic E-state index is 11.6. The van der Waals surface area contributed by atoms with Gasteiger partial charge < -0.3 is 10.4 Å². The molecule has 2 N–H and O–H groups in total. The Labute approximate surface area is 147 Å². The number of nitrogens with zero attached hydrogens (tertiary/aromatic N) is 4. The van der Waals surface area contributed by atoms with Gasteiger partial charge in [-0.1, -0.05) is 17.3 Å². The molecule has 1 fully saturated rings. The fraction of sp³-hybridized carbons (Fsp3) is 0.500. The summed E-state index contributed by atoms with van der Waals surface area (Å²) in [5.74, 6) is -0.0877. The molecule has 0 spiro atoms. The second-order valence-corrected chi connectivity index (χ2v) is 6.95. The van der Waals surface area contributed by atoms with Gasteiger partial charge in [0.05, 0.1) is 6.20 Å². The summed E-state index contributed by atoms with van der Waals surface area (Å²) in [5, 5.41) is 21.8. The summed E-state index contributed by atoms with van der Waals surface area (Å²) in [4.78, 5) is 13.8. The standard InChI is InChI=1S/C18H25N5O2/c1-13(2)23-11-16(20-21-23)18(25)8-9-22(12-18)10-14-4-6-15(7-5-14)17(24)19-3/h4-7,11,13,25H,8-10,12H2,1-3H3,(H,19,24)/t18-/m1/s1. The Morgan fingerprint density at radius 2 is 2.08 bits per heavy atom. The monoisotopic (exact) mass is 343 g/mol. The molecular weight excluding hydrogens is 318 g/mol. The third kappa shape index (κ3) is 3.72. The molecule has 2 heterocycles. The molecular formula is C18H25N5O2. The van der Waals surface area contributed by atoms with Crippen molar-refractivity contribution in [1.82, 2.24) is 25.2 Å². The molecule has 0 bridgehead atoms. The molecule has 7 nitrogen and oxygen atoms in total. The lowest BCUT2D eigenvalue weighted by atomic mass is 10.00. The van der Waals surface area contributed by atoms with E-state index in [1.165, 1.54) is 0 Å². The molecule has 1 amide bonds. The van der Waals surface area contributed by atoms with Crippen molar-refractivity contribution in [3.8, 4) is 0 Å². The van der Waals surface area contributed by atoms with Gasteiger partial charge in [-0.25, -0.2) is 4.68 Å². The summed E-state index contributed by atoms with van der Waals surface area (Å²) < 4.78 is 1.77. The van der Waals surface area contributed by atoms with Crippen molar-refractivity contribution in [3.05, 3.63) is 47.3 Å². The summed E-state index contributed by atoms with van der Waals surface area (Å²) in [7, 11) is 1.62. The van der Waals surface area contributed by atoms with Crippen LogP contribution in [0.25, 0.3) is 0 Å². The normalized spacial score (nSPS) is 21.0. The van der Waals surface area contributed by atoms with Crippen LogP contribution >= 0.6 is 0 Å². The van der Waals surface area contributed by atoms with Crippen molar-refractivity contribution in [2.75, 3.05) is 20.1 Å². The average molecular weight is 343 g/mol. The van der Waals surface area contributed by atoms with Crippen LogP contribution in [0, 0.1) is 0 Å². The van der Waals surface area contributed by atoms with Gasteiger partial charge in [0, 0.05) is 38.3 Å². The number of nitrogens with one attached hydrogen (secondary N) is 1. The van der Waals surface area contributed by atoms with E-state index in [-0.39, 0.29) is 11.9 Å². The zero-order valence-corrected chi connectivity index (χ0v) is 14.9. The minimum atomic E-state index is -0.949. The van der Waals surface area contributed by atoms with Crippen molar-refractivity contribution in [3.63, 3.8) is 0 Å². The highest BCUT2D eigenvalue weighted by molar-refractivity contribution is 5.93. The Bertz CT molecular complexity index is 740. The van der Waals surface area contributed by atoms with Gasteiger partial charge in [0.15, 0.2) is 0 Å². The second-order valence-electron chi connectivity index (χ2n) is 6.95. The van der Waals surface area contributed by atoms with Gasteiger partial charge in [-0.05, 0) is 38.0 Å². The highest BCUT2D eigenvalue weighted by Gasteiger charge is 2.40. The van der Waals surface area contributed by atoms with Gasteiger partial charge >= 0.3 is 0 Å². The number of hydrogen-bond acceptors (Lipinski definition) is 5. The minimum absolute atomic E-state index is 0.0877. The number of amides is 1. The van der Waals surface area contributed by atoms with Crippen LogP contribution in [-0.2, 0) is 12.1 Å². The number of aliphatic hydroxyl groups is 1. The second kappa shape index (κ2) is 6.93. The maximum Gasteiger partial charge on any atom is 0.251 e. The lowest BCUT2D eigenvalue weighted by Crippen LogP contribution is -2.31. The van der Waals surface area contributed by atoms with Crippen LogP contribution in [0.2, 0.25) is 0 Å². The molecule has 0 radical (unpaired) electrons. The number of aromatic nitrogens is 3. The van der Waals surface area contributed by atoms with Crippen LogP contribution in [0.5, 0.6) is 0 Å². The molecule has 134 valence electrons. The van der Waals surface area contributed by atoms with Crippen LogP contribution in [0.15, 0.2) is 30.5 Å². The Morgan fingerprint density at radius 1 is 1.36 bits per heavy atom. The molecule has 1 atom stereocenters. The van der Waals surface area contributed by atoms with Gasteiger partial charge in [-0.15, -0.1) is 5.10 Å². The van der Waals surface area contributed by atoms with Crippen LogP contribution in [-0.4, -0.2) is 51.0 Å². The maximum absolute atomic E-state index is 11.6. The largest absolute Gasteiger partial charge is 0.382 e. The van der Waals surface area contributed by atoms with E-state index in [9.17, 15) is 9.90 Å². The van der Waals surface area contributed by atoms with Crippen LogP contribution < -0.4 is 5.32 Å². The van der Waals surface area contributed by atoms with Gasteiger partial charge in [-0.2, -0.15) is 0 Å². The number of likely N-dealkylation sites (tertiary alicyclic amines) is 1. The van der Waals surface area contributed by atoms with Gasteiger partial charge in [0.25, 0.3) is 5.91 Å². The number of hydrogen-bond donors (Lipinski definition) is 2. The van der Waals surface area contributed by atoms with Crippen molar-refractivity contribution in [2.24, 2.45) is 0 Å². The molecule has 7 heteroatoms. The molecule has 2 aromatic rings. The first-order valence-electron chi connectivity index (χ1n) is 8.59. The van der Waals surface area contributed by atoms with Crippen molar-refractivity contribution < 1.29 is 9.90 Å². The Hall–Kier alpha value is -2.25. The van der Waals surface area contributed by atoms with E-state index in [2.05, 4.69) is 20.5 Å². The summed E-state index contributed by atoms with van der Waals surface area (Å²) in [6.45, 7) is 6.12. The first kappa shape index (κ1) is 17.6. The van der Waals surface area contributed by atoms with E-state index in [0.29, 0.717) is 24.2 Å². The summed E-state index contributed by atoms with van der Waals surface area (Å²) in [5.41, 5.74) is 1.45. The summed E-state index contributed by atoms with van der Waals surface area (Å²) in [6, 6.07) is 7.78. The predicted molar refractivity (Wildman–Crippen MR) is 94.0 cm³/mol. The predicted octanol–water partition coefficient (Wildman–Crippen LogP) is 1.31. The van der Waals surface area contributed by atoms with E-state index in [4.69, 9.17) is 0 Å². The fourth-order valence-electron chi connectivity index (χ4n) is 3.12. The Morgan fingerprint density at radius 3 is 2.68 bits per heavy atom. The third-order valence-corrected chi connectivity index (χ3v) is 4.69. The molecule has 1 aromatic carbocycles. The van der Waals surface area contributed by atoms with Gasteiger partial charge in [0.1, 0.15) is 11.3 Å². The zero-order chi connectivity index (χ0) is 18.0. The van der Waals surface area contributed by atoms with Crippen molar-refractivity contribution >= 4 is 5.91 Å². The molecule has 1 aliphatic rings. The van der Waals surface area contributed by atoms with E-state index in [1.807, 2.05) is 44.3 Å². The summed E-state index contributed by atoms with van der Waals surface area (Å²) in [6.07, 6.45) is 2.48. The first-order chi connectivity index (χ1) is 11.9. The molecule has 0 aliphatic carbocycles. The number of carbonyl (C=O) groups excluding carboxylic acids is 1. The quantitative estimate of drug-likeness (QED) is 0.855. The SMILES string of the molecule is CNC(=O)c1ccc(CN2CC[C@](O)(c3cn(C(C)C)nn3)C2)cc1. The number of β-amino-alcohol motifs (C(OH)–C–C–N with tert-alkyl or cyclic N) is 1. The van der Waals surface area contributed by atoms with Crippen molar-refractivity contribution in [1.29, 1.82) is 0 Å². The minimum Gasteiger partial charge on any atom is -0.382 e. The first-order valence-corrected chi connectivity index (χ1v) is 8.59. The molecule has 1 aromatic heterocycles. The lowest BCUT2D eigenvalue weighted by molar-refractivity contribution is 0.0408. The zero-order valence-electron chi connectivity index (χ0n) is 14.9. The topological polar surface area (TPSA) is 83.3 Å². The lowest BCUT2D eigenvalue weighted by Gasteiger charge is -2.21. The molecule has 3 rings (SSSR count). The number of benzene rings is 1. The van der Waals surface area contributed by atoms with E-state index in [1.54, 1.807) is 11.7 Å². The third-order valence-electron chi connectivity index (χ3n) is 4.69. The molecule has 0 saturated carbocycles. The van der Waals surface area contributed by atoms with Crippen LogP contribution in [0.1, 0.15) is 47.9 Å².